The quantitative estimate of drug-likeness (QED) is 0.666. The molecule has 7 nitrogen and oxygen atoms in total. The SMILES string of the molecule is Cc1cc(F)c(COc2nsc(NC(=O)NCC(C)C)c2C(N)=O)c(F)c1. The lowest BCUT2D eigenvalue weighted by Crippen LogP contribution is -2.32. The van der Waals surface area contributed by atoms with Crippen LogP contribution in [-0.4, -0.2) is 22.9 Å². The highest BCUT2D eigenvalue weighted by molar-refractivity contribution is 7.11. The molecule has 2 aromatic rings. The van der Waals surface area contributed by atoms with E-state index in [0.717, 1.165) is 11.5 Å². The number of halogens is 2. The first-order valence-electron chi connectivity index (χ1n) is 8.10. The molecule has 1 heterocycles. The minimum atomic E-state index is -0.886. The Kier molecular flexibility index (Phi) is 6.67. The molecule has 0 saturated heterocycles. The Morgan fingerprint density at radius 2 is 1.93 bits per heavy atom. The van der Waals surface area contributed by atoms with E-state index in [4.69, 9.17) is 10.5 Å². The predicted octanol–water partition coefficient (Wildman–Crippen LogP) is 3.19. The van der Waals surface area contributed by atoms with Crippen molar-refractivity contribution in [3.05, 3.63) is 40.5 Å². The summed E-state index contributed by atoms with van der Waals surface area (Å²) in [5.74, 6) is -2.38. The summed E-state index contributed by atoms with van der Waals surface area (Å²) in [4.78, 5) is 23.6. The fraction of sp³-hybridized carbons (Fsp3) is 0.353. The monoisotopic (exact) mass is 398 g/mol. The molecule has 10 heteroatoms. The standard InChI is InChI=1S/C17H20F2N4O3S/c1-8(2)6-21-17(25)22-16-13(14(20)24)15(23-27-16)26-7-10-11(18)4-9(3)5-12(10)19/h4-5,8H,6-7H2,1-3H3,(H2,20,24)(H2,21,22,25). The first-order valence-corrected chi connectivity index (χ1v) is 8.88. The smallest absolute Gasteiger partial charge is 0.319 e. The Labute approximate surface area is 159 Å². The summed E-state index contributed by atoms with van der Waals surface area (Å²) in [5.41, 5.74) is 5.31. The van der Waals surface area contributed by atoms with Gasteiger partial charge in [-0.15, -0.1) is 0 Å². The molecular weight excluding hydrogens is 378 g/mol. The molecule has 0 aliphatic heterocycles. The van der Waals surface area contributed by atoms with Gasteiger partial charge in [0.1, 0.15) is 28.8 Å². The zero-order chi connectivity index (χ0) is 20.1. The van der Waals surface area contributed by atoms with Crippen LogP contribution in [0, 0.1) is 24.5 Å². The van der Waals surface area contributed by atoms with Gasteiger partial charge in [0.25, 0.3) is 5.91 Å². The molecule has 4 N–H and O–H groups in total. The van der Waals surface area contributed by atoms with Crippen LogP contribution in [0.4, 0.5) is 18.6 Å². The van der Waals surface area contributed by atoms with Crippen molar-refractivity contribution in [3.63, 3.8) is 0 Å². The lowest BCUT2D eigenvalue weighted by atomic mass is 10.1. The van der Waals surface area contributed by atoms with E-state index in [-0.39, 0.29) is 27.9 Å². The molecule has 0 aliphatic rings. The first kappa shape index (κ1) is 20.6. The number of hydrogen-bond donors (Lipinski definition) is 3. The van der Waals surface area contributed by atoms with Crippen LogP contribution >= 0.6 is 11.5 Å². The van der Waals surface area contributed by atoms with Crippen molar-refractivity contribution in [3.8, 4) is 5.88 Å². The van der Waals surface area contributed by atoms with Gasteiger partial charge in [-0.3, -0.25) is 10.1 Å². The molecule has 1 aromatic heterocycles. The maximum Gasteiger partial charge on any atom is 0.319 e. The van der Waals surface area contributed by atoms with Crippen LogP contribution in [0.1, 0.15) is 35.3 Å². The van der Waals surface area contributed by atoms with Gasteiger partial charge in [-0.25, -0.2) is 13.6 Å². The number of amides is 3. The van der Waals surface area contributed by atoms with Crippen molar-refractivity contribution in [2.24, 2.45) is 11.7 Å². The Balaban J connectivity index is 2.15. The average Bonchev–Trinajstić information content (AvgIpc) is 2.94. The van der Waals surface area contributed by atoms with Crippen LogP contribution < -0.4 is 21.1 Å². The van der Waals surface area contributed by atoms with E-state index in [0.29, 0.717) is 12.1 Å². The minimum Gasteiger partial charge on any atom is -0.471 e. The molecule has 27 heavy (non-hydrogen) atoms. The highest BCUT2D eigenvalue weighted by Gasteiger charge is 2.23. The summed E-state index contributed by atoms with van der Waals surface area (Å²) < 4.78 is 37.0. The van der Waals surface area contributed by atoms with Crippen molar-refractivity contribution in [1.82, 2.24) is 9.69 Å². The first-order chi connectivity index (χ1) is 12.7. The molecule has 0 atom stereocenters. The number of rotatable bonds is 7. The number of urea groups is 1. The summed E-state index contributed by atoms with van der Waals surface area (Å²) in [6, 6.07) is 1.81. The van der Waals surface area contributed by atoms with Crippen molar-refractivity contribution >= 4 is 28.5 Å². The van der Waals surface area contributed by atoms with Gasteiger partial charge < -0.3 is 15.8 Å². The number of nitrogens with one attached hydrogen (secondary N) is 2. The molecule has 3 amide bonds. The highest BCUT2D eigenvalue weighted by atomic mass is 32.1. The lowest BCUT2D eigenvalue weighted by Gasteiger charge is -2.10. The molecular formula is C17H20F2N4O3S. The lowest BCUT2D eigenvalue weighted by molar-refractivity contribution is 0.0996. The molecule has 2 rings (SSSR count). The van der Waals surface area contributed by atoms with E-state index in [1.165, 1.54) is 12.1 Å². The van der Waals surface area contributed by atoms with E-state index < -0.39 is 30.2 Å². The number of benzene rings is 1. The Hall–Kier alpha value is -2.75. The van der Waals surface area contributed by atoms with Crippen LogP contribution in [0.15, 0.2) is 12.1 Å². The Bertz CT molecular complexity index is 832. The van der Waals surface area contributed by atoms with E-state index in [1.54, 1.807) is 6.92 Å². The van der Waals surface area contributed by atoms with Gasteiger partial charge in [0, 0.05) is 6.54 Å². The number of anilines is 1. The number of hydrogen-bond acceptors (Lipinski definition) is 5. The van der Waals surface area contributed by atoms with E-state index >= 15 is 0 Å². The third-order valence-corrected chi connectivity index (χ3v) is 4.19. The van der Waals surface area contributed by atoms with Crippen molar-refractivity contribution in [2.75, 3.05) is 11.9 Å². The molecule has 1 aromatic carbocycles. The molecule has 0 aliphatic carbocycles. The number of carbonyl (C=O) groups excluding carboxylic acids is 2. The molecule has 0 fully saturated rings. The number of nitrogens with two attached hydrogens (primary N) is 1. The Morgan fingerprint density at radius 1 is 1.30 bits per heavy atom. The van der Waals surface area contributed by atoms with Crippen LogP contribution in [0.5, 0.6) is 5.88 Å². The van der Waals surface area contributed by atoms with Gasteiger partial charge >= 0.3 is 6.03 Å². The number of nitrogens with zero attached hydrogens (tertiary/aromatic N) is 1. The van der Waals surface area contributed by atoms with Crippen molar-refractivity contribution in [1.29, 1.82) is 0 Å². The van der Waals surface area contributed by atoms with E-state index in [9.17, 15) is 18.4 Å². The van der Waals surface area contributed by atoms with Crippen LogP contribution in [0.25, 0.3) is 0 Å². The molecule has 0 saturated carbocycles. The summed E-state index contributed by atoms with van der Waals surface area (Å²) in [6.07, 6.45) is 0. The number of primary amides is 1. The fourth-order valence-electron chi connectivity index (χ4n) is 2.13. The van der Waals surface area contributed by atoms with Crippen LogP contribution in [0.2, 0.25) is 0 Å². The van der Waals surface area contributed by atoms with Gasteiger partial charge in [-0.2, -0.15) is 4.37 Å². The zero-order valence-electron chi connectivity index (χ0n) is 15.1. The van der Waals surface area contributed by atoms with Gasteiger partial charge in [0.15, 0.2) is 0 Å². The third-order valence-electron chi connectivity index (χ3n) is 3.44. The molecule has 0 spiro atoms. The summed E-state index contributed by atoms with van der Waals surface area (Å²) in [5, 5.41) is 5.18. The summed E-state index contributed by atoms with van der Waals surface area (Å²) >= 11 is 0.778. The van der Waals surface area contributed by atoms with Gasteiger partial charge in [-0.1, -0.05) is 13.8 Å². The second-order valence-corrected chi connectivity index (χ2v) is 7.05. The third kappa shape index (κ3) is 5.36. The maximum absolute atomic E-state index is 13.9. The highest BCUT2D eigenvalue weighted by Crippen LogP contribution is 2.31. The topological polar surface area (TPSA) is 106 Å². The van der Waals surface area contributed by atoms with E-state index in [1.807, 2.05) is 13.8 Å². The van der Waals surface area contributed by atoms with E-state index in [2.05, 4.69) is 15.0 Å². The van der Waals surface area contributed by atoms with Crippen LogP contribution in [0.3, 0.4) is 0 Å². The van der Waals surface area contributed by atoms with Crippen LogP contribution in [-0.2, 0) is 6.61 Å². The molecule has 146 valence electrons. The van der Waals surface area contributed by atoms with Gasteiger partial charge in [0.05, 0.1) is 5.56 Å². The fourth-order valence-corrected chi connectivity index (χ4v) is 2.86. The average molecular weight is 398 g/mol. The molecule has 0 bridgehead atoms. The molecule has 0 radical (unpaired) electrons. The number of ether oxygens (including phenoxy) is 1. The van der Waals surface area contributed by atoms with Gasteiger partial charge in [0.2, 0.25) is 5.88 Å². The zero-order valence-corrected chi connectivity index (χ0v) is 15.9. The predicted molar refractivity (Wildman–Crippen MR) is 97.9 cm³/mol. The van der Waals surface area contributed by atoms with Gasteiger partial charge in [-0.05, 0) is 42.1 Å². The second-order valence-electron chi connectivity index (χ2n) is 6.28. The van der Waals surface area contributed by atoms with Crippen molar-refractivity contribution in [2.45, 2.75) is 27.4 Å². The number of carbonyl (C=O) groups is 2. The summed E-state index contributed by atoms with van der Waals surface area (Å²) in [6.45, 7) is 5.37. The normalized spacial score (nSPS) is 10.7. The van der Waals surface area contributed by atoms with Crippen molar-refractivity contribution < 1.29 is 23.1 Å². The minimum absolute atomic E-state index is 0.0867. The number of aryl methyl sites for hydroxylation is 1. The maximum atomic E-state index is 13.9. The Morgan fingerprint density at radius 3 is 2.48 bits per heavy atom. The summed E-state index contributed by atoms with van der Waals surface area (Å²) in [7, 11) is 0. The largest absolute Gasteiger partial charge is 0.471 e. The number of aromatic nitrogens is 1. The second kappa shape index (κ2) is 8.76. The molecule has 0 unspecified atom stereocenters.